The van der Waals surface area contributed by atoms with Crippen LogP contribution in [0.4, 0.5) is 5.82 Å². The first kappa shape index (κ1) is 11.6. The first-order valence-electron chi connectivity index (χ1n) is 6.10. The number of rotatable bonds is 2. The van der Waals surface area contributed by atoms with Gasteiger partial charge in [0.25, 0.3) is 0 Å². The number of fused-ring (bicyclic) bond motifs is 1. The average Bonchev–Trinajstić information content (AvgIpc) is 2.80. The molecule has 2 aromatic heterocycles. The van der Waals surface area contributed by atoms with Crippen LogP contribution in [0, 0.1) is 0 Å². The monoisotopic (exact) mass is 261 g/mol. The summed E-state index contributed by atoms with van der Waals surface area (Å²) in [7, 11) is 0. The molecule has 1 aliphatic rings. The highest BCUT2D eigenvalue weighted by Crippen LogP contribution is 2.25. The molecule has 3 heterocycles. The van der Waals surface area contributed by atoms with Gasteiger partial charge in [0.05, 0.1) is 4.88 Å². The lowest BCUT2D eigenvalue weighted by Gasteiger charge is -2.32. The fraction of sp³-hybridized carbons (Fsp3) is 0.385. The summed E-state index contributed by atoms with van der Waals surface area (Å²) in [6.45, 7) is 5.13. The summed E-state index contributed by atoms with van der Waals surface area (Å²) in [6.07, 6.45) is 0.888. The first-order valence-corrected chi connectivity index (χ1v) is 6.92. The van der Waals surface area contributed by atoms with Crippen molar-refractivity contribution < 1.29 is 4.79 Å². The maximum atomic E-state index is 10.8. The molecular weight excluding hydrogens is 246 g/mol. The molecule has 0 saturated carbocycles. The highest BCUT2D eigenvalue weighted by atomic mass is 32.1. The van der Waals surface area contributed by atoms with Crippen molar-refractivity contribution in [2.45, 2.75) is 13.0 Å². The van der Waals surface area contributed by atoms with E-state index in [4.69, 9.17) is 0 Å². The van der Waals surface area contributed by atoms with Gasteiger partial charge in [-0.25, -0.2) is 4.98 Å². The zero-order valence-electron chi connectivity index (χ0n) is 10.2. The maximum absolute atomic E-state index is 10.8. The molecule has 1 aliphatic heterocycles. The zero-order valence-corrected chi connectivity index (χ0v) is 11.0. The summed E-state index contributed by atoms with van der Waals surface area (Å²) < 4.78 is 0. The lowest BCUT2D eigenvalue weighted by atomic mass is 10.2. The molecule has 0 aromatic carbocycles. The summed E-state index contributed by atoms with van der Waals surface area (Å²) in [4.78, 5) is 19.4. The molecule has 94 valence electrons. The van der Waals surface area contributed by atoms with Crippen molar-refractivity contribution in [3.05, 3.63) is 23.1 Å². The number of anilines is 1. The number of aldehydes is 1. The Kier molecular flexibility index (Phi) is 3.01. The van der Waals surface area contributed by atoms with Crippen LogP contribution in [0.15, 0.2) is 18.2 Å². The topological polar surface area (TPSA) is 45.2 Å². The number of hydrogen-bond donors (Lipinski definition) is 1. The Morgan fingerprint density at radius 1 is 1.56 bits per heavy atom. The minimum Gasteiger partial charge on any atom is -0.354 e. The number of aromatic nitrogens is 1. The van der Waals surface area contributed by atoms with Crippen LogP contribution in [-0.2, 0) is 0 Å². The lowest BCUT2D eigenvalue weighted by molar-refractivity contribution is 0.112. The highest BCUT2D eigenvalue weighted by Gasteiger charge is 2.17. The normalized spacial score (nSPS) is 20.3. The van der Waals surface area contributed by atoms with Crippen molar-refractivity contribution in [3.8, 4) is 0 Å². The van der Waals surface area contributed by atoms with E-state index in [1.54, 1.807) is 0 Å². The molecule has 1 saturated heterocycles. The summed E-state index contributed by atoms with van der Waals surface area (Å²) in [5, 5.41) is 4.47. The Labute approximate surface area is 110 Å². The van der Waals surface area contributed by atoms with Gasteiger partial charge in [-0.1, -0.05) is 0 Å². The van der Waals surface area contributed by atoms with Crippen LogP contribution in [0.5, 0.6) is 0 Å². The molecule has 2 aromatic rings. The van der Waals surface area contributed by atoms with E-state index in [0.717, 1.165) is 46.8 Å². The average molecular weight is 261 g/mol. The molecule has 1 atom stereocenters. The number of thiophene rings is 1. The molecule has 3 rings (SSSR count). The Hall–Kier alpha value is -1.46. The summed E-state index contributed by atoms with van der Waals surface area (Å²) in [5.41, 5.74) is 0. The Morgan fingerprint density at radius 3 is 3.22 bits per heavy atom. The Bertz CT molecular complexity index is 581. The van der Waals surface area contributed by atoms with Gasteiger partial charge in [0.15, 0.2) is 6.29 Å². The van der Waals surface area contributed by atoms with Crippen LogP contribution in [0.2, 0.25) is 0 Å². The number of piperazine rings is 1. The van der Waals surface area contributed by atoms with E-state index in [0.29, 0.717) is 6.04 Å². The fourth-order valence-electron chi connectivity index (χ4n) is 2.30. The predicted molar refractivity (Wildman–Crippen MR) is 74.7 cm³/mol. The molecule has 4 nitrogen and oxygen atoms in total. The van der Waals surface area contributed by atoms with Gasteiger partial charge in [-0.2, -0.15) is 0 Å². The number of carbonyl (C=O) groups excluding carboxylic acids is 1. The minimum absolute atomic E-state index is 0.491. The van der Waals surface area contributed by atoms with Gasteiger partial charge in [0.1, 0.15) is 10.6 Å². The van der Waals surface area contributed by atoms with Crippen LogP contribution in [-0.4, -0.2) is 36.9 Å². The standard InChI is InChI=1S/C13H15N3OS/c1-9-7-16(5-4-14-9)12-3-2-10-6-11(8-17)18-13(10)15-12/h2-3,6,8-9,14H,4-5,7H2,1H3. The molecule has 1 unspecified atom stereocenters. The second-order valence-electron chi connectivity index (χ2n) is 4.63. The number of carbonyl (C=O) groups is 1. The summed E-state index contributed by atoms with van der Waals surface area (Å²) in [6, 6.07) is 6.48. The SMILES string of the molecule is CC1CN(c2ccc3cc(C=O)sc3n2)CCN1. The maximum Gasteiger partial charge on any atom is 0.160 e. The van der Waals surface area contributed by atoms with E-state index in [-0.39, 0.29) is 0 Å². The third kappa shape index (κ3) is 2.11. The van der Waals surface area contributed by atoms with E-state index in [1.165, 1.54) is 11.3 Å². The second kappa shape index (κ2) is 4.66. The number of nitrogens with one attached hydrogen (secondary N) is 1. The quantitative estimate of drug-likeness (QED) is 0.839. The molecule has 5 heteroatoms. The Balaban J connectivity index is 1.94. The van der Waals surface area contributed by atoms with Crippen molar-refractivity contribution in [2.24, 2.45) is 0 Å². The van der Waals surface area contributed by atoms with Gasteiger partial charge < -0.3 is 10.2 Å². The van der Waals surface area contributed by atoms with Crippen LogP contribution in [0.1, 0.15) is 16.6 Å². The van der Waals surface area contributed by atoms with E-state index in [9.17, 15) is 4.79 Å². The molecule has 0 radical (unpaired) electrons. The van der Waals surface area contributed by atoms with Gasteiger partial charge >= 0.3 is 0 Å². The van der Waals surface area contributed by atoms with E-state index >= 15 is 0 Å². The molecule has 1 N–H and O–H groups in total. The highest BCUT2D eigenvalue weighted by molar-refractivity contribution is 7.20. The second-order valence-corrected chi connectivity index (χ2v) is 5.69. The Morgan fingerprint density at radius 2 is 2.44 bits per heavy atom. The van der Waals surface area contributed by atoms with Gasteiger partial charge in [-0.15, -0.1) is 11.3 Å². The van der Waals surface area contributed by atoms with Crippen molar-refractivity contribution in [1.82, 2.24) is 10.3 Å². The minimum atomic E-state index is 0.491. The van der Waals surface area contributed by atoms with Gasteiger partial charge in [0.2, 0.25) is 0 Å². The third-order valence-electron chi connectivity index (χ3n) is 3.20. The van der Waals surface area contributed by atoms with Gasteiger partial charge in [-0.05, 0) is 25.1 Å². The van der Waals surface area contributed by atoms with Crippen LogP contribution < -0.4 is 10.2 Å². The van der Waals surface area contributed by atoms with E-state index in [2.05, 4.69) is 22.1 Å². The van der Waals surface area contributed by atoms with Gasteiger partial charge in [0, 0.05) is 31.1 Å². The molecule has 0 bridgehead atoms. The predicted octanol–water partition coefficient (Wildman–Crippen LogP) is 1.91. The van der Waals surface area contributed by atoms with Crippen molar-refractivity contribution in [3.63, 3.8) is 0 Å². The summed E-state index contributed by atoms with van der Waals surface area (Å²) >= 11 is 1.45. The molecule has 0 amide bonds. The van der Waals surface area contributed by atoms with E-state index < -0.39 is 0 Å². The molecule has 18 heavy (non-hydrogen) atoms. The first-order chi connectivity index (χ1) is 8.76. The van der Waals surface area contributed by atoms with Crippen molar-refractivity contribution in [2.75, 3.05) is 24.5 Å². The van der Waals surface area contributed by atoms with Crippen molar-refractivity contribution in [1.29, 1.82) is 0 Å². The van der Waals surface area contributed by atoms with Crippen LogP contribution in [0.3, 0.4) is 0 Å². The van der Waals surface area contributed by atoms with Crippen LogP contribution >= 0.6 is 11.3 Å². The number of pyridine rings is 1. The lowest BCUT2D eigenvalue weighted by Crippen LogP contribution is -2.49. The molecular formula is C13H15N3OS. The number of nitrogens with zero attached hydrogens (tertiary/aromatic N) is 2. The fourth-order valence-corrected chi connectivity index (χ4v) is 3.14. The largest absolute Gasteiger partial charge is 0.354 e. The molecule has 0 spiro atoms. The zero-order chi connectivity index (χ0) is 12.5. The van der Waals surface area contributed by atoms with Crippen molar-refractivity contribution >= 4 is 33.7 Å². The smallest absolute Gasteiger partial charge is 0.160 e. The van der Waals surface area contributed by atoms with Gasteiger partial charge in [-0.3, -0.25) is 4.79 Å². The third-order valence-corrected chi connectivity index (χ3v) is 4.17. The number of hydrogen-bond acceptors (Lipinski definition) is 5. The summed E-state index contributed by atoms with van der Waals surface area (Å²) in [5.74, 6) is 1.01. The van der Waals surface area contributed by atoms with E-state index in [1.807, 2.05) is 18.2 Å². The molecule has 0 aliphatic carbocycles. The van der Waals surface area contributed by atoms with Crippen LogP contribution in [0.25, 0.3) is 10.2 Å². The molecule has 1 fully saturated rings.